The molecule has 1 amide bonds. The molecule has 0 aliphatic heterocycles. The average molecular weight is 489 g/mol. The summed E-state index contributed by atoms with van der Waals surface area (Å²) in [6.45, 7) is 0.735. The van der Waals surface area contributed by atoms with Gasteiger partial charge in [0.25, 0.3) is 0 Å². The first kappa shape index (κ1) is 24.1. The Kier molecular flexibility index (Phi) is 6.84. The van der Waals surface area contributed by atoms with Crippen molar-refractivity contribution in [2.24, 2.45) is 5.92 Å². The second kappa shape index (κ2) is 9.66. The molecule has 2 aromatic carbocycles. The molecule has 34 heavy (non-hydrogen) atoms. The van der Waals surface area contributed by atoms with E-state index >= 15 is 0 Å². The van der Waals surface area contributed by atoms with Crippen LogP contribution in [0.4, 0.5) is 13.2 Å². The summed E-state index contributed by atoms with van der Waals surface area (Å²) >= 11 is 6.07. The molecule has 1 aliphatic rings. The van der Waals surface area contributed by atoms with Gasteiger partial charge in [-0.1, -0.05) is 54.1 Å². The number of nitrogens with one attached hydrogen (secondary N) is 1. The molecule has 1 N–H and O–H groups in total. The fourth-order valence-corrected chi connectivity index (χ4v) is 3.87. The van der Waals surface area contributed by atoms with Gasteiger partial charge in [-0.25, -0.2) is 4.39 Å². The van der Waals surface area contributed by atoms with Gasteiger partial charge in [-0.2, -0.15) is 8.78 Å². The van der Waals surface area contributed by atoms with E-state index in [0.717, 1.165) is 25.3 Å². The van der Waals surface area contributed by atoms with Crippen molar-refractivity contribution >= 4 is 17.5 Å². The Bertz CT molecular complexity index is 1120. The van der Waals surface area contributed by atoms with Gasteiger partial charge in [-0.15, -0.1) is 0 Å². The number of halogens is 4. The highest BCUT2D eigenvalue weighted by Crippen LogP contribution is 2.37. The van der Waals surface area contributed by atoms with Gasteiger partial charge in [-0.3, -0.25) is 9.78 Å². The van der Waals surface area contributed by atoms with Crippen LogP contribution in [0.3, 0.4) is 0 Å². The number of ether oxygens (including phenoxy) is 1. The molecule has 1 heterocycles. The number of rotatable bonds is 9. The zero-order valence-corrected chi connectivity index (χ0v) is 19.2. The molecule has 0 saturated heterocycles. The minimum absolute atomic E-state index is 0.0743. The lowest BCUT2D eigenvalue weighted by atomic mass is 9.80. The van der Waals surface area contributed by atoms with Crippen molar-refractivity contribution < 1.29 is 22.7 Å². The van der Waals surface area contributed by atoms with E-state index in [1.54, 1.807) is 24.3 Å². The SMILES string of the molecule is CC(F)C(F)(F)Oc1ccc(C(Cc2ccccc2)(NC(=O)C2CC2)c2ccc(Cl)cn2)cc1. The first-order chi connectivity index (χ1) is 16.2. The highest BCUT2D eigenvalue weighted by molar-refractivity contribution is 6.30. The smallest absolute Gasteiger partial charge is 0.429 e. The predicted molar refractivity (Wildman–Crippen MR) is 124 cm³/mol. The summed E-state index contributed by atoms with van der Waals surface area (Å²) < 4.78 is 45.3. The molecule has 4 nitrogen and oxygen atoms in total. The Balaban J connectivity index is 1.79. The van der Waals surface area contributed by atoms with Crippen molar-refractivity contribution in [3.63, 3.8) is 0 Å². The number of pyridine rings is 1. The van der Waals surface area contributed by atoms with Crippen LogP contribution < -0.4 is 10.1 Å². The van der Waals surface area contributed by atoms with Crippen LogP contribution >= 0.6 is 11.6 Å². The van der Waals surface area contributed by atoms with Gasteiger partial charge in [0.15, 0.2) is 0 Å². The molecule has 178 valence electrons. The topological polar surface area (TPSA) is 51.2 Å². The number of carbonyl (C=O) groups is 1. The average Bonchev–Trinajstić information content (AvgIpc) is 3.66. The third-order valence-corrected chi connectivity index (χ3v) is 6.05. The summed E-state index contributed by atoms with van der Waals surface area (Å²) in [5.74, 6) is -0.370. The van der Waals surface area contributed by atoms with Gasteiger partial charge >= 0.3 is 6.11 Å². The van der Waals surface area contributed by atoms with E-state index in [-0.39, 0.29) is 17.6 Å². The van der Waals surface area contributed by atoms with Crippen LogP contribution in [0.2, 0.25) is 5.02 Å². The van der Waals surface area contributed by atoms with Crippen LogP contribution in [-0.4, -0.2) is 23.2 Å². The van der Waals surface area contributed by atoms with Gasteiger partial charge < -0.3 is 10.1 Å². The molecule has 2 atom stereocenters. The number of hydrogen-bond acceptors (Lipinski definition) is 3. The summed E-state index contributed by atoms with van der Waals surface area (Å²) in [5, 5.41) is 3.63. The largest absolute Gasteiger partial charge is 0.430 e. The van der Waals surface area contributed by atoms with Crippen LogP contribution in [-0.2, 0) is 16.8 Å². The number of amides is 1. The number of carbonyl (C=O) groups excluding carboxylic acids is 1. The molecule has 1 saturated carbocycles. The van der Waals surface area contributed by atoms with Gasteiger partial charge in [0.2, 0.25) is 12.1 Å². The summed E-state index contributed by atoms with van der Waals surface area (Å²) in [5.41, 5.74) is 1.00. The first-order valence-electron chi connectivity index (χ1n) is 11.0. The molecule has 4 rings (SSSR count). The molecule has 1 aliphatic carbocycles. The van der Waals surface area contributed by atoms with Gasteiger partial charge in [0.05, 0.1) is 10.7 Å². The Morgan fingerprint density at radius 2 is 1.79 bits per heavy atom. The van der Waals surface area contributed by atoms with E-state index in [4.69, 9.17) is 11.6 Å². The maximum atomic E-state index is 13.7. The van der Waals surface area contributed by atoms with Gasteiger partial charge in [0.1, 0.15) is 11.3 Å². The Morgan fingerprint density at radius 1 is 1.12 bits per heavy atom. The minimum atomic E-state index is -3.96. The Morgan fingerprint density at radius 3 is 2.35 bits per heavy atom. The fraction of sp³-hybridized carbons (Fsp3) is 0.308. The lowest BCUT2D eigenvalue weighted by Gasteiger charge is -2.36. The molecule has 0 bridgehead atoms. The van der Waals surface area contributed by atoms with Crippen molar-refractivity contribution in [3.8, 4) is 5.75 Å². The van der Waals surface area contributed by atoms with Crippen molar-refractivity contribution in [3.05, 3.63) is 94.8 Å². The molecular formula is C26H24ClF3N2O2. The molecule has 3 aromatic rings. The van der Waals surface area contributed by atoms with Crippen molar-refractivity contribution in [1.82, 2.24) is 10.3 Å². The van der Waals surface area contributed by atoms with Crippen molar-refractivity contribution in [2.75, 3.05) is 0 Å². The zero-order valence-electron chi connectivity index (χ0n) is 18.5. The number of benzene rings is 2. The maximum absolute atomic E-state index is 13.7. The summed E-state index contributed by atoms with van der Waals surface area (Å²) in [4.78, 5) is 17.5. The summed E-state index contributed by atoms with van der Waals surface area (Å²) in [6, 6.07) is 18.8. The molecule has 1 aromatic heterocycles. The quantitative estimate of drug-likeness (QED) is 0.397. The monoisotopic (exact) mass is 488 g/mol. The maximum Gasteiger partial charge on any atom is 0.429 e. The highest BCUT2D eigenvalue weighted by Gasteiger charge is 2.42. The van der Waals surface area contributed by atoms with Crippen LogP contribution in [0.5, 0.6) is 5.75 Å². The third kappa shape index (κ3) is 5.36. The lowest BCUT2D eigenvalue weighted by molar-refractivity contribution is -0.215. The summed E-state index contributed by atoms with van der Waals surface area (Å²) in [6.07, 6.45) is -2.95. The van der Waals surface area contributed by atoms with Crippen LogP contribution in [0.25, 0.3) is 0 Å². The predicted octanol–water partition coefficient (Wildman–Crippen LogP) is 6.08. The van der Waals surface area contributed by atoms with E-state index in [1.807, 2.05) is 30.3 Å². The van der Waals surface area contributed by atoms with E-state index in [9.17, 15) is 18.0 Å². The number of aromatic nitrogens is 1. The number of nitrogens with zero attached hydrogens (tertiary/aromatic N) is 1. The minimum Gasteiger partial charge on any atom is -0.430 e. The standard InChI is InChI=1S/C26H24ClF3N2O2/c1-17(28)26(29,30)34-22-12-9-20(10-13-22)25(32-24(33)19-7-8-19,15-18-5-3-2-4-6-18)23-14-11-21(27)16-31-23/h2-6,9-14,16-17,19H,7-8,15H2,1H3,(H,32,33). The van der Waals surface area contributed by atoms with E-state index in [2.05, 4.69) is 15.0 Å². The Hall–Kier alpha value is -3.06. The van der Waals surface area contributed by atoms with Crippen molar-refractivity contribution in [2.45, 2.75) is 44.0 Å². The van der Waals surface area contributed by atoms with Crippen LogP contribution in [0.1, 0.15) is 36.6 Å². The summed E-state index contributed by atoms with van der Waals surface area (Å²) in [7, 11) is 0. The van der Waals surface area contributed by atoms with Crippen LogP contribution in [0, 0.1) is 5.92 Å². The number of hydrogen-bond donors (Lipinski definition) is 1. The van der Waals surface area contributed by atoms with Gasteiger partial charge in [0, 0.05) is 18.5 Å². The molecule has 1 fully saturated rings. The molecular weight excluding hydrogens is 465 g/mol. The fourth-order valence-electron chi connectivity index (χ4n) is 3.75. The van der Waals surface area contributed by atoms with Gasteiger partial charge in [-0.05, 0) is 55.2 Å². The zero-order chi connectivity index (χ0) is 24.3. The second-order valence-corrected chi connectivity index (χ2v) is 8.93. The molecule has 8 heteroatoms. The first-order valence-corrected chi connectivity index (χ1v) is 11.4. The molecule has 0 radical (unpaired) electrons. The highest BCUT2D eigenvalue weighted by atomic mass is 35.5. The number of alkyl halides is 3. The van der Waals surface area contributed by atoms with E-state index in [1.165, 1.54) is 18.3 Å². The van der Waals surface area contributed by atoms with E-state index in [0.29, 0.717) is 22.7 Å². The Labute approximate surface area is 201 Å². The molecule has 2 unspecified atom stereocenters. The third-order valence-electron chi connectivity index (χ3n) is 5.83. The molecule has 0 spiro atoms. The van der Waals surface area contributed by atoms with Crippen LogP contribution in [0.15, 0.2) is 72.9 Å². The normalized spacial score (nSPS) is 16.4. The van der Waals surface area contributed by atoms with Crippen molar-refractivity contribution in [1.29, 1.82) is 0 Å². The second-order valence-electron chi connectivity index (χ2n) is 8.50. The lowest BCUT2D eigenvalue weighted by Crippen LogP contribution is -2.49. The van der Waals surface area contributed by atoms with E-state index < -0.39 is 17.8 Å².